The molecule has 1 N–H and O–H groups in total. The zero-order valence-electron chi connectivity index (χ0n) is 45.2. The summed E-state index contributed by atoms with van der Waals surface area (Å²) in [5.74, 6) is 1.72. The Morgan fingerprint density at radius 3 is 2.22 bits per heavy atom. The van der Waals surface area contributed by atoms with Gasteiger partial charge in [0, 0.05) is 109 Å². The summed E-state index contributed by atoms with van der Waals surface area (Å²) in [4.78, 5) is 31.3. The maximum Gasteiger partial charge on any atom is 0.251 e. The molecule has 3 aromatic heterocycles. The number of fused-ring (bicyclic) bond motifs is 2. The molecule has 1 spiro atoms. The number of anilines is 2. The van der Waals surface area contributed by atoms with Crippen molar-refractivity contribution >= 4 is 28.2 Å². The predicted octanol–water partition coefficient (Wildman–Crippen LogP) is 13.5. The average molecular weight is 988 g/mol. The number of benzene rings is 3. The number of pyridine rings is 2. The number of hydrogen-bond acceptors (Lipinski definition) is 8. The SMILES string of the molecule is C=C(C)N1CCc2c(c(-c3cccc4cc(-c5ccc(N6CCC7(CCN(c8ccc(C(=O)NC9C(C)(C)C(Cc%10ccc(C#N)c(C(C)C)c%10)C9(C)C)cc8)CC7)CC6)nc5)ncc34)nn2C2CCCCC2)C1. The minimum Gasteiger partial charge on any atom is -0.371 e. The standard InChI is InChI=1S/C64H77N9O/c1-42(2)52-35-44(17-18-47(52)38-65)36-57-62(5,6)61(63(57,7)8)68-60(74)45-19-22-49(23-20-45)70-31-26-64(27-32-70)28-33-71(34-29-64)58-24-21-48(39-67-58)55-37-46-13-12-16-51(53(46)40-66-55)59-54-41-72(43(3)4)30-25-56(54)73(69-59)50-14-10-9-11-15-50/h12-13,16-24,35,37,39-40,42,50,57,61H,3,9-11,14-15,25-34,36,41H2,1-2,4-8H3,(H,68,74). The van der Waals surface area contributed by atoms with Crippen LogP contribution in [-0.4, -0.2) is 69.3 Å². The maximum atomic E-state index is 13.8. The lowest BCUT2D eigenvalue weighted by Crippen LogP contribution is -2.70. The number of nitrogens with one attached hydrogen (secondary N) is 1. The van der Waals surface area contributed by atoms with Gasteiger partial charge in [-0.1, -0.05) is 97.7 Å². The summed E-state index contributed by atoms with van der Waals surface area (Å²) in [5, 5.41) is 20.9. The summed E-state index contributed by atoms with van der Waals surface area (Å²) in [5.41, 5.74) is 13.4. The van der Waals surface area contributed by atoms with Crippen molar-refractivity contribution < 1.29 is 4.79 Å². The van der Waals surface area contributed by atoms with Crippen LogP contribution in [-0.2, 0) is 19.4 Å². The van der Waals surface area contributed by atoms with Gasteiger partial charge in [0.05, 0.1) is 29.1 Å². The number of amides is 1. The van der Waals surface area contributed by atoms with E-state index >= 15 is 0 Å². The zero-order valence-corrected chi connectivity index (χ0v) is 45.2. The smallest absolute Gasteiger partial charge is 0.251 e. The molecule has 0 atom stereocenters. The molecule has 2 aliphatic carbocycles. The zero-order chi connectivity index (χ0) is 51.5. The number of rotatable bonds is 11. The molecule has 1 amide bonds. The van der Waals surface area contributed by atoms with Crippen LogP contribution in [0.2, 0.25) is 0 Å². The highest BCUT2D eigenvalue weighted by atomic mass is 16.1. The van der Waals surface area contributed by atoms with Crippen LogP contribution in [0.3, 0.4) is 0 Å². The Morgan fingerprint density at radius 2 is 1.55 bits per heavy atom. The van der Waals surface area contributed by atoms with E-state index in [1.807, 2.05) is 24.4 Å². The van der Waals surface area contributed by atoms with Gasteiger partial charge in [-0.3, -0.25) is 14.5 Å². The van der Waals surface area contributed by atoms with E-state index in [4.69, 9.17) is 15.1 Å². The van der Waals surface area contributed by atoms with Crippen molar-refractivity contribution in [2.75, 3.05) is 42.5 Å². The lowest BCUT2D eigenvalue weighted by atomic mass is 9.43. The van der Waals surface area contributed by atoms with Crippen molar-refractivity contribution in [1.29, 1.82) is 5.26 Å². The fourth-order valence-electron chi connectivity index (χ4n) is 14.5. The maximum absolute atomic E-state index is 13.8. The van der Waals surface area contributed by atoms with Crippen LogP contribution in [0.15, 0.2) is 104 Å². The molecule has 0 unspecified atom stereocenters. The Labute approximate surface area is 440 Å². The Hall–Kier alpha value is -6.47. The molecule has 0 radical (unpaired) electrons. The molecular formula is C64H77N9O. The second kappa shape index (κ2) is 19.7. The normalized spacial score (nSPS) is 21.3. The van der Waals surface area contributed by atoms with E-state index in [0.29, 0.717) is 28.9 Å². The van der Waals surface area contributed by atoms with Gasteiger partial charge in [-0.2, -0.15) is 10.4 Å². The lowest BCUT2D eigenvalue weighted by Gasteiger charge is -2.64. The first-order valence-electron chi connectivity index (χ1n) is 27.9. The van der Waals surface area contributed by atoms with Crippen LogP contribution >= 0.6 is 0 Å². The third-order valence-corrected chi connectivity index (χ3v) is 18.9. The average Bonchev–Trinajstić information content (AvgIpc) is 3.82. The fourth-order valence-corrected chi connectivity index (χ4v) is 14.5. The highest BCUT2D eigenvalue weighted by Crippen LogP contribution is 2.60. The van der Waals surface area contributed by atoms with E-state index in [0.717, 1.165) is 97.1 Å². The van der Waals surface area contributed by atoms with Gasteiger partial charge in [-0.15, -0.1) is 0 Å². The lowest BCUT2D eigenvalue weighted by molar-refractivity contribution is -0.121. The molecule has 4 fully saturated rings. The van der Waals surface area contributed by atoms with E-state index in [1.165, 1.54) is 91.2 Å². The predicted molar refractivity (Wildman–Crippen MR) is 300 cm³/mol. The number of carbonyl (C=O) groups excluding carboxylic acids is 1. The molecular weight excluding hydrogens is 911 g/mol. The van der Waals surface area contributed by atoms with Crippen LogP contribution in [0.1, 0.15) is 157 Å². The molecule has 6 heterocycles. The van der Waals surface area contributed by atoms with Gasteiger partial charge >= 0.3 is 0 Å². The van der Waals surface area contributed by atoms with Crippen LogP contribution in [0, 0.1) is 33.5 Å². The van der Waals surface area contributed by atoms with E-state index in [1.54, 1.807) is 0 Å². The van der Waals surface area contributed by atoms with Crippen molar-refractivity contribution in [2.24, 2.45) is 22.2 Å². The first kappa shape index (κ1) is 49.7. The third kappa shape index (κ3) is 9.17. The first-order chi connectivity index (χ1) is 35.6. The van der Waals surface area contributed by atoms with E-state index in [-0.39, 0.29) is 22.8 Å². The van der Waals surface area contributed by atoms with Crippen molar-refractivity contribution in [2.45, 2.75) is 144 Å². The number of hydrogen-bond donors (Lipinski definition) is 1. The van der Waals surface area contributed by atoms with E-state index in [9.17, 15) is 10.1 Å². The summed E-state index contributed by atoms with van der Waals surface area (Å²) in [6.45, 7) is 25.8. The van der Waals surface area contributed by atoms with Gasteiger partial charge in [0.1, 0.15) is 5.82 Å². The minimum atomic E-state index is -0.0789. The van der Waals surface area contributed by atoms with Crippen molar-refractivity contribution in [3.8, 4) is 28.6 Å². The Balaban J connectivity index is 0.687. The molecule has 5 aliphatic rings. The Kier molecular flexibility index (Phi) is 13.2. The monoisotopic (exact) mass is 988 g/mol. The molecule has 6 aromatic rings. The second-order valence-corrected chi connectivity index (χ2v) is 24.4. The molecule has 0 bridgehead atoms. The van der Waals surface area contributed by atoms with E-state index < -0.39 is 0 Å². The van der Waals surface area contributed by atoms with Crippen molar-refractivity contribution in [1.82, 2.24) is 30.0 Å². The Morgan fingerprint density at radius 1 is 0.838 bits per heavy atom. The van der Waals surface area contributed by atoms with Gasteiger partial charge in [0.25, 0.3) is 5.91 Å². The number of nitrogens with zero attached hydrogens (tertiary/aromatic N) is 8. The summed E-state index contributed by atoms with van der Waals surface area (Å²) in [7, 11) is 0. The molecule has 2 saturated heterocycles. The Bertz CT molecular complexity index is 3080. The summed E-state index contributed by atoms with van der Waals surface area (Å²) in [6, 6.07) is 30.7. The summed E-state index contributed by atoms with van der Waals surface area (Å²) in [6.07, 6.45) is 17.0. The minimum absolute atomic E-state index is 0.00224. The highest BCUT2D eigenvalue weighted by Gasteiger charge is 2.61. The molecule has 11 rings (SSSR count). The molecule has 74 heavy (non-hydrogen) atoms. The number of nitriles is 1. The molecule has 10 heteroatoms. The molecule has 2 saturated carbocycles. The van der Waals surface area contributed by atoms with Crippen LogP contribution in [0.25, 0.3) is 33.3 Å². The van der Waals surface area contributed by atoms with Crippen molar-refractivity contribution in [3.05, 3.63) is 137 Å². The van der Waals surface area contributed by atoms with Crippen LogP contribution in [0.4, 0.5) is 11.5 Å². The van der Waals surface area contributed by atoms with Gasteiger partial charge in [0.2, 0.25) is 0 Å². The number of piperidine rings is 2. The summed E-state index contributed by atoms with van der Waals surface area (Å²) < 4.78 is 2.42. The topological polar surface area (TPSA) is 106 Å². The molecule has 3 aliphatic heterocycles. The summed E-state index contributed by atoms with van der Waals surface area (Å²) >= 11 is 0. The largest absolute Gasteiger partial charge is 0.371 e. The van der Waals surface area contributed by atoms with E-state index in [2.05, 4.69) is 153 Å². The van der Waals surface area contributed by atoms with Crippen molar-refractivity contribution in [3.63, 3.8) is 0 Å². The molecule has 3 aromatic carbocycles. The second-order valence-electron chi connectivity index (χ2n) is 24.4. The van der Waals surface area contributed by atoms with Crippen LogP contribution in [0.5, 0.6) is 0 Å². The number of allylic oxidation sites excluding steroid dienone is 1. The van der Waals surface area contributed by atoms with Gasteiger partial charge in [-0.25, -0.2) is 4.98 Å². The number of aromatic nitrogens is 4. The number of carbonyl (C=O) groups is 1. The van der Waals surface area contributed by atoms with Gasteiger partial charge in [-0.05, 0) is 145 Å². The molecule has 10 nitrogen and oxygen atoms in total. The first-order valence-corrected chi connectivity index (χ1v) is 27.9. The van der Waals surface area contributed by atoms with Gasteiger partial charge in [0.15, 0.2) is 0 Å². The van der Waals surface area contributed by atoms with Crippen LogP contribution < -0.4 is 15.1 Å². The van der Waals surface area contributed by atoms with Gasteiger partial charge < -0.3 is 20.0 Å². The third-order valence-electron chi connectivity index (χ3n) is 18.9. The quantitative estimate of drug-likeness (QED) is 0.137. The molecule has 384 valence electrons. The fraction of sp³-hybridized carbons (Fsp3) is 0.484. The highest BCUT2D eigenvalue weighted by molar-refractivity contribution is 5.97.